The largest absolute Gasteiger partial charge is 0.507 e. The molecule has 0 aromatic heterocycles. The van der Waals surface area contributed by atoms with Gasteiger partial charge < -0.3 is 20.7 Å². The van der Waals surface area contributed by atoms with Gasteiger partial charge in [-0.15, -0.1) is 0 Å². The van der Waals surface area contributed by atoms with Crippen LogP contribution in [0.15, 0.2) is 12.1 Å². The summed E-state index contributed by atoms with van der Waals surface area (Å²) in [6, 6.07) is 3.62. The Morgan fingerprint density at radius 2 is 2.00 bits per heavy atom. The van der Waals surface area contributed by atoms with E-state index in [2.05, 4.69) is 0 Å². The highest BCUT2D eigenvalue weighted by molar-refractivity contribution is 5.96. The van der Waals surface area contributed by atoms with Gasteiger partial charge in [-0.3, -0.25) is 4.79 Å². The number of hydrogen-bond acceptors (Lipinski definition) is 4. The predicted octanol–water partition coefficient (Wildman–Crippen LogP) is 3.19. The normalized spacial score (nSPS) is 39.2. The van der Waals surface area contributed by atoms with Crippen LogP contribution in [0.4, 0.5) is 0 Å². The van der Waals surface area contributed by atoms with Crippen LogP contribution in [0.5, 0.6) is 5.75 Å². The molecule has 4 N–H and O–H groups in total. The Bertz CT molecular complexity index is 802. The summed E-state index contributed by atoms with van der Waals surface area (Å²) in [4.78, 5) is 11.8. The lowest BCUT2D eigenvalue weighted by Gasteiger charge is -2.63. The van der Waals surface area contributed by atoms with E-state index in [1.54, 1.807) is 6.07 Å². The van der Waals surface area contributed by atoms with E-state index >= 15 is 0 Å². The SMILES string of the molecule is NC(=O)c1ccc2c(c1O)C13CCCCC1(O)C(C2)C(CC1CCCO1)CC3. The number of rotatable bonds is 3. The lowest BCUT2D eigenvalue weighted by Crippen LogP contribution is -2.65. The minimum atomic E-state index is -0.812. The zero-order chi connectivity index (χ0) is 19.5. The van der Waals surface area contributed by atoms with Crippen molar-refractivity contribution in [2.75, 3.05) is 6.61 Å². The Labute approximate surface area is 166 Å². The number of amides is 1. The number of nitrogens with two attached hydrogens (primary N) is 1. The molecule has 1 saturated heterocycles. The number of phenols is 1. The molecule has 5 nitrogen and oxygen atoms in total. The number of hydrogen-bond donors (Lipinski definition) is 3. The van der Waals surface area contributed by atoms with Crippen molar-refractivity contribution < 1.29 is 19.7 Å². The highest BCUT2D eigenvalue weighted by Crippen LogP contribution is 2.64. The van der Waals surface area contributed by atoms with Crippen LogP contribution in [0.1, 0.15) is 79.3 Å². The molecule has 2 saturated carbocycles. The van der Waals surface area contributed by atoms with E-state index in [9.17, 15) is 15.0 Å². The molecule has 5 atom stereocenters. The molecule has 3 aliphatic carbocycles. The molecule has 28 heavy (non-hydrogen) atoms. The van der Waals surface area contributed by atoms with Crippen LogP contribution < -0.4 is 5.73 Å². The third-order valence-corrected chi connectivity index (χ3v) is 8.40. The van der Waals surface area contributed by atoms with Gasteiger partial charge in [0.2, 0.25) is 0 Å². The van der Waals surface area contributed by atoms with Crippen LogP contribution in [-0.4, -0.2) is 34.4 Å². The van der Waals surface area contributed by atoms with Gasteiger partial charge in [0.05, 0.1) is 17.3 Å². The van der Waals surface area contributed by atoms with Gasteiger partial charge in [0.25, 0.3) is 5.91 Å². The first-order chi connectivity index (χ1) is 13.5. The van der Waals surface area contributed by atoms with Gasteiger partial charge in [0, 0.05) is 17.6 Å². The van der Waals surface area contributed by atoms with Crippen molar-refractivity contribution in [3.05, 3.63) is 28.8 Å². The van der Waals surface area contributed by atoms with E-state index in [1.165, 1.54) is 0 Å². The average Bonchev–Trinajstić information content (AvgIpc) is 3.16. The predicted molar refractivity (Wildman–Crippen MR) is 105 cm³/mol. The van der Waals surface area contributed by atoms with Crippen LogP contribution in [0.25, 0.3) is 0 Å². The molecule has 1 aromatic rings. The molecule has 1 heterocycles. The molecular weight excluding hydrogens is 354 g/mol. The number of aliphatic hydroxyl groups is 1. The first-order valence-electron chi connectivity index (χ1n) is 11.0. The fraction of sp³-hybridized carbons (Fsp3) is 0.696. The van der Waals surface area contributed by atoms with Gasteiger partial charge in [0.1, 0.15) is 5.75 Å². The number of benzene rings is 1. The second kappa shape index (κ2) is 6.46. The molecule has 152 valence electrons. The van der Waals surface area contributed by atoms with Crippen LogP contribution in [0.3, 0.4) is 0 Å². The summed E-state index contributed by atoms with van der Waals surface area (Å²) >= 11 is 0. The Kier molecular flexibility index (Phi) is 4.25. The monoisotopic (exact) mass is 385 g/mol. The topological polar surface area (TPSA) is 92.8 Å². The van der Waals surface area contributed by atoms with Crippen molar-refractivity contribution in [2.24, 2.45) is 17.6 Å². The van der Waals surface area contributed by atoms with Gasteiger partial charge in [-0.25, -0.2) is 0 Å². The standard InChI is InChI=1S/C23H31NO4/c24-21(26)17-6-5-15-13-18-14(12-16-4-3-11-28-16)7-10-22(19(15)20(17)25)8-1-2-9-23(18,22)27/h5-6,14,16,18,25,27H,1-4,7-13H2,(H2,24,26). The van der Waals surface area contributed by atoms with E-state index in [1.807, 2.05) is 6.07 Å². The molecule has 5 rings (SSSR count). The van der Waals surface area contributed by atoms with Crippen molar-refractivity contribution in [1.82, 2.24) is 0 Å². The van der Waals surface area contributed by atoms with Crippen LogP contribution in [0, 0.1) is 11.8 Å². The molecule has 0 spiro atoms. The molecule has 1 amide bonds. The van der Waals surface area contributed by atoms with Crippen LogP contribution in [0.2, 0.25) is 0 Å². The van der Waals surface area contributed by atoms with E-state index in [0.717, 1.165) is 81.9 Å². The second-order valence-corrected chi connectivity index (χ2v) is 9.55. The minimum Gasteiger partial charge on any atom is -0.507 e. The number of carbonyl (C=O) groups excluding carboxylic acids is 1. The van der Waals surface area contributed by atoms with Crippen molar-refractivity contribution >= 4 is 5.91 Å². The minimum absolute atomic E-state index is 0.0151. The number of ether oxygens (including phenoxy) is 1. The average molecular weight is 386 g/mol. The maximum atomic E-state index is 12.1. The molecule has 5 unspecified atom stereocenters. The summed E-state index contributed by atoms with van der Waals surface area (Å²) in [7, 11) is 0. The summed E-state index contributed by atoms with van der Waals surface area (Å²) in [5.74, 6) is 0.0501. The Hall–Kier alpha value is -1.59. The van der Waals surface area contributed by atoms with E-state index in [0.29, 0.717) is 12.0 Å². The molecular formula is C23H31NO4. The van der Waals surface area contributed by atoms with E-state index in [-0.39, 0.29) is 17.2 Å². The van der Waals surface area contributed by atoms with E-state index < -0.39 is 16.9 Å². The third-order valence-electron chi connectivity index (χ3n) is 8.40. The summed E-state index contributed by atoms with van der Waals surface area (Å²) in [5, 5.41) is 23.2. The molecule has 5 heteroatoms. The Morgan fingerprint density at radius 3 is 2.75 bits per heavy atom. The number of primary amides is 1. The highest BCUT2D eigenvalue weighted by Gasteiger charge is 2.64. The fourth-order valence-corrected chi connectivity index (χ4v) is 7.21. The number of aromatic hydroxyl groups is 1. The van der Waals surface area contributed by atoms with Gasteiger partial charge in [0.15, 0.2) is 0 Å². The third kappa shape index (κ3) is 2.42. The molecule has 2 bridgehead atoms. The zero-order valence-electron chi connectivity index (χ0n) is 16.5. The quantitative estimate of drug-likeness (QED) is 0.745. The summed E-state index contributed by atoms with van der Waals surface area (Å²) < 4.78 is 5.92. The number of fused-ring (bicyclic) bond motifs is 1. The van der Waals surface area contributed by atoms with E-state index in [4.69, 9.17) is 10.5 Å². The summed E-state index contributed by atoms with van der Waals surface area (Å²) in [6.45, 7) is 0.864. The van der Waals surface area contributed by atoms with Gasteiger partial charge in [-0.05, 0) is 74.8 Å². The maximum absolute atomic E-state index is 12.1. The summed E-state index contributed by atoms with van der Waals surface area (Å²) in [5.41, 5.74) is 6.34. The van der Waals surface area contributed by atoms with Gasteiger partial charge in [-0.1, -0.05) is 18.9 Å². The first kappa shape index (κ1) is 18.4. The number of carbonyl (C=O) groups is 1. The highest BCUT2D eigenvalue weighted by atomic mass is 16.5. The second-order valence-electron chi connectivity index (χ2n) is 9.55. The van der Waals surface area contributed by atoms with Gasteiger partial charge >= 0.3 is 0 Å². The lowest BCUT2D eigenvalue weighted by atomic mass is 9.43. The van der Waals surface area contributed by atoms with Gasteiger partial charge in [-0.2, -0.15) is 0 Å². The van der Waals surface area contributed by atoms with Crippen molar-refractivity contribution in [3.63, 3.8) is 0 Å². The van der Waals surface area contributed by atoms with Crippen molar-refractivity contribution in [1.29, 1.82) is 0 Å². The van der Waals surface area contributed by atoms with Crippen molar-refractivity contribution in [3.8, 4) is 5.75 Å². The first-order valence-corrected chi connectivity index (χ1v) is 11.0. The fourth-order valence-electron chi connectivity index (χ4n) is 7.21. The van der Waals surface area contributed by atoms with Crippen molar-refractivity contribution in [2.45, 2.75) is 81.3 Å². The summed E-state index contributed by atoms with van der Waals surface area (Å²) in [6.07, 6.45) is 10.0. The molecule has 1 aliphatic heterocycles. The molecule has 0 radical (unpaired) electrons. The molecule has 4 aliphatic rings. The van der Waals surface area contributed by atoms with Crippen LogP contribution >= 0.6 is 0 Å². The Balaban J connectivity index is 1.61. The maximum Gasteiger partial charge on any atom is 0.252 e. The smallest absolute Gasteiger partial charge is 0.252 e. The molecule has 1 aromatic carbocycles. The van der Waals surface area contributed by atoms with Crippen LogP contribution in [-0.2, 0) is 16.6 Å². The zero-order valence-corrected chi connectivity index (χ0v) is 16.5. The Morgan fingerprint density at radius 1 is 1.18 bits per heavy atom. The lowest BCUT2D eigenvalue weighted by molar-refractivity contribution is -0.169. The molecule has 3 fully saturated rings.